The zero-order chi connectivity index (χ0) is 14.4. The maximum Gasteiger partial charge on any atom is 0.343 e. The minimum Gasteiger partial charge on any atom is -0.493 e. The quantitative estimate of drug-likeness (QED) is 0.475. The van der Waals surface area contributed by atoms with Crippen LogP contribution in [0, 0.1) is 0 Å². The summed E-state index contributed by atoms with van der Waals surface area (Å²) in [7, 11) is 1.54. The zero-order valence-corrected chi connectivity index (χ0v) is 11.2. The van der Waals surface area contributed by atoms with E-state index in [9.17, 15) is 4.79 Å². The number of carbonyl (C=O) groups excluding carboxylic acids is 1. The smallest absolute Gasteiger partial charge is 0.343 e. The van der Waals surface area contributed by atoms with Crippen molar-refractivity contribution in [1.82, 2.24) is 4.98 Å². The Morgan fingerprint density at radius 1 is 1.25 bits per heavy atom. The number of esters is 1. The lowest BCUT2D eigenvalue weighted by molar-refractivity contribution is 0.0729. The number of benzene rings is 1. The lowest BCUT2D eigenvalue weighted by Gasteiger charge is -2.10. The predicted octanol–water partition coefficient (Wildman–Crippen LogP) is 3.04. The van der Waals surface area contributed by atoms with Crippen molar-refractivity contribution in [3.8, 4) is 11.5 Å². The molecule has 0 unspecified atom stereocenters. The lowest BCUT2D eigenvalue weighted by Crippen LogP contribution is -2.09. The van der Waals surface area contributed by atoms with Crippen molar-refractivity contribution >= 4 is 5.97 Å². The van der Waals surface area contributed by atoms with Crippen LogP contribution in [0.15, 0.2) is 55.4 Å². The molecule has 0 saturated carbocycles. The highest BCUT2D eigenvalue weighted by molar-refractivity contribution is 5.91. The molecule has 0 aliphatic heterocycles. The first-order chi connectivity index (χ1) is 9.74. The van der Waals surface area contributed by atoms with E-state index in [0.717, 1.165) is 12.0 Å². The van der Waals surface area contributed by atoms with E-state index >= 15 is 0 Å². The molecule has 4 nitrogen and oxygen atoms in total. The van der Waals surface area contributed by atoms with Crippen LogP contribution in [0.3, 0.4) is 0 Å². The molecule has 0 fully saturated rings. The Hall–Kier alpha value is -2.62. The van der Waals surface area contributed by atoms with Crippen molar-refractivity contribution in [2.75, 3.05) is 7.11 Å². The van der Waals surface area contributed by atoms with E-state index in [0.29, 0.717) is 17.1 Å². The highest BCUT2D eigenvalue weighted by atomic mass is 16.6. The van der Waals surface area contributed by atoms with Crippen molar-refractivity contribution in [2.24, 2.45) is 0 Å². The largest absolute Gasteiger partial charge is 0.493 e. The third-order valence-corrected chi connectivity index (χ3v) is 2.73. The Kier molecular flexibility index (Phi) is 4.50. The second-order valence-electron chi connectivity index (χ2n) is 4.10. The van der Waals surface area contributed by atoms with Crippen LogP contribution >= 0.6 is 0 Å². The van der Waals surface area contributed by atoms with Gasteiger partial charge in [0.25, 0.3) is 0 Å². The number of methoxy groups -OCH3 is 1. The molecule has 0 aliphatic carbocycles. The molecule has 0 bridgehead atoms. The topological polar surface area (TPSA) is 48.4 Å². The summed E-state index contributed by atoms with van der Waals surface area (Å²) in [4.78, 5) is 15.8. The van der Waals surface area contributed by atoms with E-state index in [1.807, 2.05) is 12.1 Å². The molecular weight excluding hydrogens is 254 g/mol. The van der Waals surface area contributed by atoms with E-state index in [2.05, 4.69) is 11.6 Å². The number of nitrogens with zero attached hydrogens (tertiary/aromatic N) is 1. The SMILES string of the molecule is C=CCc1ccc(OC(=O)c2ccncc2)c(OC)c1. The van der Waals surface area contributed by atoms with Crippen LogP contribution in [0.1, 0.15) is 15.9 Å². The third-order valence-electron chi connectivity index (χ3n) is 2.73. The van der Waals surface area contributed by atoms with E-state index < -0.39 is 5.97 Å². The molecule has 0 atom stereocenters. The molecule has 20 heavy (non-hydrogen) atoms. The van der Waals surface area contributed by atoms with Gasteiger partial charge in [0, 0.05) is 12.4 Å². The molecule has 0 aliphatic rings. The molecule has 0 spiro atoms. The maximum absolute atomic E-state index is 12.0. The molecule has 1 aromatic heterocycles. The van der Waals surface area contributed by atoms with Gasteiger partial charge in [0.15, 0.2) is 11.5 Å². The van der Waals surface area contributed by atoms with Crippen LogP contribution in [0.4, 0.5) is 0 Å². The standard InChI is InChI=1S/C16H15NO3/c1-3-4-12-5-6-14(15(11-12)19-2)20-16(18)13-7-9-17-10-8-13/h3,5-11H,1,4H2,2H3. The van der Waals surface area contributed by atoms with Crippen LogP contribution in [-0.4, -0.2) is 18.1 Å². The normalized spacial score (nSPS) is 9.85. The number of hydrogen-bond acceptors (Lipinski definition) is 4. The van der Waals surface area contributed by atoms with Crippen LogP contribution in [0.5, 0.6) is 11.5 Å². The number of carbonyl (C=O) groups is 1. The Labute approximate surface area is 117 Å². The third kappa shape index (κ3) is 3.23. The molecule has 1 heterocycles. The van der Waals surface area contributed by atoms with Crippen molar-refractivity contribution in [1.29, 1.82) is 0 Å². The van der Waals surface area contributed by atoms with Gasteiger partial charge in [-0.15, -0.1) is 6.58 Å². The highest BCUT2D eigenvalue weighted by Gasteiger charge is 2.12. The van der Waals surface area contributed by atoms with Gasteiger partial charge in [-0.2, -0.15) is 0 Å². The van der Waals surface area contributed by atoms with Gasteiger partial charge in [-0.3, -0.25) is 4.98 Å². The number of allylic oxidation sites excluding steroid dienone is 1. The average Bonchev–Trinajstić information content (AvgIpc) is 2.50. The van der Waals surface area contributed by atoms with Gasteiger partial charge in [0.05, 0.1) is 12.7 Å². The van der Waals surface area contributed by atoms with Crippen molar-refractivity contribution in [3.63, 3.8) is 0 Å². The van der Waals surface area contributed by atoms with Gasteiger partial charge in [0.2, 0.25) is 0 Å². The number of rotatable bonds is 5. The summed E-state index contributed by atoms with van der Waals surface area (Å²) in [6.07, 6.45) is 5.62. The minimum atomic E-state index is -0.442. The first-order valence-electron chi connectivity index (χ1n) is 6.14. The van der Waals surface area contributed by atoms with Gasteiger partial charge in [-0.25, -0.2) is 4.79 Å². The summed E-state index contributed by atoms with van der Waals surface area (Å²) in [5.41, 5.74) is 1.48. The molecule has 1 aromatic carbocycles. The van der Waals surface area contributed by atoms with E-state index in [4.69, 9.17) is 9.47 Å². The second kappa shape index (κ2) is 6.52. The van der Waals surface area contributed by atoms with E-state index in [1.54, 1.807) is 36.7 Å². The summed E-state index contributed by atoms with van der Waals surface area (Å²) in [5, 5.41) is 0. The van der Waals surface area contributed by atoms with Crippen LogP contribution in [-0.2, 0) is 6.42 Å². The monoisotopic (exact) mass is 269 g/mol. The molecule has 2 aromatic rings. The Balaban J connectivity index is 2.20. The molecule has 102 valence electrons. The van der Waals surface area contributed by atoms with Crippen LogP contribution in [0.25, 0.3) is 0 Å². The zero-order valence-electron chi connectivity index (χ0n) is 11.2. The summed E-state index contributed by atoms with van der Waals surface area (Å²) < 4.78 is 10.6. The number of ether oxygens (including phenoxy) is 2. The number of aromatic nitrogens is 1. The number of hydrogen-bond donors (Lipinski definition) is 0. The van der Waals surface area contributed by atoms with Gasteiger partial charge in [-0.1, -0.05) is 12.1 Å². The first-order valence-corrected chi connectivity index (χ1v) is 6.14. The molecule has 0 N–H and O–H groups in total. The lowest BCUT2D eigenvalue weighted by atomic mass is 10.1. The minimum absolute atomic E-state index is 0.391. The van der Waals surface area contributed by atoms with Gasteiger partial charge in [0.1, 0.15) is 0 Å². The highest BCUT2D eigenvalue weighted by Crippen LogP contribution is 2.29. The summed E-state index contributed by atoms with van der Waals surface area (Å²) in [5.74, 6) is 0.469. The summed E-state index contributed by atoms with van der Waals surface area (Å²) in [6.45, 7) is 3.69. The predicted molar refractivity (Wildman–Crippen MR) is 76.1 cm³/mol. The van der Waals surface area contributed by atoms with Crippen molar-refractivity contribution in [2.45, 2.75) is 6.42 Å². The molecule has 0 radical (unpaired) electrons. The first kappa shape index (κ1) is 13.8. The van der Waals surface area contributed by atoms with Gasteiger partial charge >= 0.3 is 5.97 Å². The van der Waals surface area contributed by atoms with E-state index in [1.165, 1.54) is 7.11 Å². The van der Waals surface area contributed by atoms with Gasteiger partial charge in [-0.05, 0) is 36.2 Å². The Bertz CT molecular complexity index is 608. The summed E-state index contributed by atoms with van der Waals surface area (Å²) in [6, 6.07) is 8.62. The molecule has 2 rings (SSSR count). The Morgan fingerprint density at radius 3 is 2.65 bits per heavy atom. The fourth-order valence-electron chi connectivity index (χ4n) is 1.74. The number of pyridine rings is 1. The van der Waals surface area contributed by atoms with E-state index in [-0.39, 0.29) is 0 Å². The van der Waals surface area contributed by atoms with Gasteiger partial charge < -0.3 is 9.47 Å². The second-order valence-corrected chi connectivity index (χ2v) is 4.10. The molecular formula is C16H15NO3. The van der Waals surface area contributed by atoms with Crippen molar-refractivity contribution in [3.05, 3.63) is 66.5 Å². The Morgan fingerprint density at radius 2 is 2.00 bits per heavy atom. The van der Waals surface area contributed by atoms with Crippen LogP contribution < -0.4 is 9.47 Å². The fraction of sp³-hybridized carbons (Fsp3) is 0.125. The molecule has 0 amide bonds. The fourth-order valence-corrected chi connectivity index (χ4v) is 1.74. The van der Waals surface area contributed by atoms with Crippen LogP contribution in [0.2, 0.25) is 0 Å². The maximum atomic E-state index is 12.0. The molecule has 0 saturated heterocycles. The summed E-state index contributed by atoms with van der Waals surface area (Å²) >= 11 is 0. The molecule has 4 heteroatoms. The van der Waals surface area contributed by atoms with Crippen molar-refractivity contribution < 1.29 is 14.3 Å². The average molecular weight is 269 g/mol.